The van der Waals surface area contributed by atoms with Gasteiger partial charge in [0, 0.05) is 19.3 Å². The average Bonchev–Trinajstić information content (AvgIpc) is 3.46. The van der Waals surface area contributed by atoms with Crippen molar-refractivity contribution in [2.75, 3.05) is 13.2 Å². The van der Waals surface area contributed by atoms with E-state index in [9.17, 15) is 14.4 Å². The number of ether oxygens (including phenoxy) is 3. The van der Waals surface area contributed by atoms with Crippen LogP contribution in [0.15, 0.2) is 85.1 Å². The first-order valence-corrected chi connectivity index (χ1v) is 34.6. The van der Waals surface area contributed by atoms with Crippen molar-refractivity contribution in [2.24, 2.45) is 0 Å². The van der Waals surface area contributed by atoms with Gasteiger partial charge in [-0.05, 0) is 116 Å². The fourth-order valence-electron chi connectivity index (χ4n) is 9.93. The van der Waals surface area contributed by atoms with E-state index < -0.39 is 6.10 Å². The lowest BCUT2D eigenvalue weighted by Crippen LogP contribution is -2.30. The van der Waals surface area contributed by atoms with Crippen LogP contribution in [0.1, 0.15) is 348 Å². The zero-order chi connectivity index (χ0) is 57.8. The van der Waals surface area contributed by atoms with Gasteiger partial charge in [0.05, 0.1) is 0 Å². The predicted octanol–water partition coefficient (Wildman–Crippen LogP) is 23.8. The number of hydrogen-bond donors (Lipinski definition) is 0. The van der Waals surface area contributed by atoms with Gasteiger partial charge in [-0.3, -0.25) is 14.4 Å². The van der Waals surface area contributed by atoms with E-state index in [-0.39, 0.29) is 31.1 Å². The highest BCUT2D eigenvalue weighted by Gasteiger charge is 2.19. The Bertz CT molecular complexity index is 1520. The Labute approximate surface area is 496 Å². The van der Waals surface area contributed by atoms with Crippen LogP contribution in [0.4, 0.5) is 0 Å². The van der Waals surface area contributed by atoms with Crippen LogP contribution < -0.4 is 0 Å². The molecular formula is C74H130O6. The number of unbranched alkanes of at least 4 members (excludes halogenated alkanes) is 38. The molecule has 0 radical (unpaired) electrons. The monoisotopic (exact) mass is 1110 g/mol. The molecule has 0 amide bonds. The van der Waals surface area contributed by atoms with Gasteiger partial charge in [-0.25, -0.2) is 0 Å². The molecule has 1 unspecified atom stereocenters. The first-order valence-electron chi connectivity index (χ1n) is 34.6. The summed E-state index contributed by atoms with van der Waals surface area (Å²) in [5.74, 6) is -0.876. The van der Waals surface area contributed by atoms with Gasteiger partial charge in [-0.15, -0.1) is 0 Å². The third kappa shape index (κ3) is 65.4. The molecular weight excluding hydrogens is 985 g/mol. The van der Waals surface area contributed by atoms with Gasteiger partial charge in [-0.1, -0.05) is 298 Å². The molecule has 0 aromatic rings. The van der Waals surface area contributed by atoms with Gasteiger partial charge >= 0.3 is 17.9 Å². The summed E-state index contributed by atoms with van der Waals surface area (Å²) in [7, 11) is 0. The number of carbonyl (C=O) groups excluding carboxylic acids is 3. The maximum absolute atomic E-state index is 12.9. The van der Waals surface area contributed by atoms with Crippen molar-refractivity contribution in [1.82, 2.24) is 0 Å². The Morgan fingerprint density at radius 2 is 0.487 bits per heavy atom. The first-order chi connectivity index (χ1) is 39.5. The smallest absolute Gasteiger partial charge is 0.306 e. The van der Waals surface area contributed by atoms with E-state index in [1.54, 1.807) is 0 Å². The van der Waals surface area contributed by atoms with Crippen molar-refractivity contribution >= 4 is 17.9 Å². The summed E-state index contributed by atoms with van der Waals surface area (Å²) in [6.07, 6.45) is 90.3. The van der Waals surface area contributed by atoms with Crippen molar-refractivity contribution in [3.05, 3.63) is 85.1 Å². The summed E-state index contributed by atoms with van der Waals surface area (Å²) < 4.78 is 17.0. The Hall–Kier alpha value is -3.41. The number of allylic oxidation sites excluding steroid dienone is 14. The summed E-state index contributed by atoms with van der Waals surface area (Å²) >= 11 is 0. The second-order valence-electron chi connectivity index (χ2n) is 23.1. The molecule has 0 fully saturated rings. The van der Waals surface area contributed by atoms with E-state index >= 15 is 0 Å². The van der Waals surface area contributed by atoms with E-state index in [1.165, 1.54) is 212 Å². The van der Waals surface area contributed by atoms with Gasteiger partial charge in [-0.2, -0.15) is 0 Å². The summed E-state index contributed by atoms with van der Waals surface area (Å²) in [6, 6.07) is 0. The fraction of sp³-hybridized carbons (Fsp3) is 0.770. The molecule has 0 bridgehead atoms. The van der Waals surface area contributed by atoms with Crippen LogP contribution >= 0.6 is 0 Å². The second kappa shape index (κ2) is 68.1. The standard InChI is InChI=1S/C74H130O6/c1-4-7-10-13-16-19-22-25-28-30-32-34-35-36-37-38-39-41-42-44-46-49-52-55-58-61-64-67-73(76)79-70-71(69-78-72(75)66-63-60-57-54-51-48-27-24-21-18-15-12-9-6-3)80-74(77)68-65-62-59-56-53-50-47-45-43-40-33-31-29-26-23-20-17-14-11-8-5-2/h7,10,16,19,24-25,27-28,31-34,36-37,71H,4-6,8-9,11-15,17-18,20-23,26,29-30,35,38-70H2,1-3H3/b10-7-,19-16-,27-24-,28-25-,33-31-,34-32-,37-36-. The molecule has 0 rings (SSSR count). The molecule has 0 aliphatic rings. The van der Waals surface area contributed by atoms with E-state index in [0.717, 1.165) is 96.3 Å². The third-order valence-electron chi connectivity index (χ3n) is 15.1. The Kier molecular flexibility index (Phi) is 65.2. The van der Waals surface area contributed by atoms with Gasteiger partial charge in [0.1, 0.15) is 13.2 Å². The van der Waals surface area contributed by atoms with Crippen LogP contribution in [0, 0.1) is 0 Å². The molecule has 0 N–H and O–H groups in total. The minimum atomic E-state index is -0.783. The molecule has 0 aromatic heterocycles. The van der Waals surface area contributed by atoms with Crippen molar-refractivity contribution in [1.29, 1.82) is 0 Å². The zero-order valence-electron chi connectivity index (χ0n) is 53.1. The van der Waals surface area contributed by atoms with Crippen molar-refractivity contribution in [2.45, 2.75) is 354 Å². The maximum atomic E-state index is 12.9. The van der Waals surface area contributed by atoms with E-state index in [2.05, 4.69) is 106 Å². The van der Waals surface area contributed by atoms with Gasteiger partial charge < -0.3 is 14.2 Å². The topological polar surface area (TPSA) is 78.9 Å². The Balaban J connectivity index is 4.31. The lowest BCUT2D eigenvalue weighted by Gasteiger charge is -2.18. The zero-order valence-corrected chi connectivity index (χ0v) is 53.1. The first kappa shape index (κ1) is 76.6. The van der Waals surface area contributed by atoms with Crippen molar-refractivity contribution < 1.29 is 28.6 Å². The maximum Gasteiger partial charge on any atom is 0.306 e. The minimum absolute atomic E-state index is 0.0792. The molecule has 0 aliphatic carbocycles. The lowest BCUT2D eigenvalue weighted by atomic mass is 10.0. The van der Waals surface area contributed by atoms with E-state index in [1.807, 2.05) is 0 Å². The van der Waals surface area contributed by atoms with Crippen LogP contribution in [0.3, 0.4) is 0 Å². The number of esters is 3. The highest BCUT2D eigenvalue weighted by atomic mass is 16.6. The van der Waals surface area contributed by atoms with Crippen molar-refractivity contribution in [3.63, 3.8) is 0 Å². The normalized spacial score (nSPS) is 12.6. The van der Waals surface area contributed by atoms with E-state index in [0.29, 0.717) is 19.3 Å². The summed E-state index contributed by atoms with van der Waals surface area (Å²) in [5, 5.41) is 0. The van der Waals surface area contributed by atoms with Crippen LogP contribution in [0.5, 0.6) is 0 Å². The largest absolute Gasteiger partial charge is 0.462 e. The SMILES string of the molecule is CC/C=C\C/C=C\C/C=C\C/C=C\C/C=C\CCCCCCCCCCCCCC(=O)OCC(COC(=O)CCCCCCC/C=C\CCCCCCC)OC(=O)CCCCCCCCCCC/C=C\CCCCCCCCCC. The molecule has 6 heteroatoms. The predicted molar refractivity (Wildman–Crippen MR) is 348 cm³/mol. The second-order valence-corrected chi connectivity index (χ2v) is 23.1. The number of rotatable bonds is 63. The molecule has 0 aliphatic heterocycles. The molecule has 462 valence electrons. The Morgan fingerprint density at radius 1 is 0.263 bits per heavy atom. The van der Waals surface area contributed by atoms with Gasteiger partial charge in [0.15, 0.2) is 6.10 Å². The average molecular weight is 1120 g/mol. The molecule has 0 heterocycles. The Morgan fingerprint density at radius 3 is 0.775 bits per heavy atom. The van der Waals surface area contributed by atoms with Crippen LogP contribution in [-0.4, -0.2) is 37.2 Å². The van der Waals surface area contributed by atoms with Crippen molar-refractivity contribution in [3.8, 4) is 0 Å². The minimum Gasteiger partial charge on any atom is -0.462 e. The molecule has 6 nitrogen and oxygen atoms in total. The third-order valence-corrected chi connectivity index (χ3v) is 15.1. The summed E-state index contributed by atoms with van der Waals surface area (Å²) in [6.45, 7) is 6.55. The molecule has 0 aromatic carbocycles. The van der Waals surface area contributed by atoms with Crippen LogP contribution in [0.2, 0.25) is 0 Å². The number of carbonyl (C=O) groups is 3. The highest BCUT2D eigenvalue weighted by Crippen LogP contribution is 2.17. The van der Waals surface area contributed by atoms with Crippen LogP contribution in [0.25, 0.3) is 0 Å². The lowest BCUT2D eigenvalue weighted by molar-refractivity contribution is -0.167. The van der Waals surface area contributed by atoms with Crippen LogP contribution in [-0.2, 0) is 28.6 Å². The molecule has 0 spiro atoms. The molecule has 80 heavy (non-hydrogen) atoms. The summed E-state index contributed by atoms with van der Waals surface area (Å²) in [5.41, 5.74) is 0. The fourth-order valence-corrected chi connectivity index (χ4v) is 9.93. The van der Waals surface area contributed by atoms with E-state index in [4.69, 9.17) is 14.2 Å². The van der Waals surface area contributed by atoms with Gasteiger partial charge in [0.25, 0.3) is 0 Å². The quantitative estimate of drug-likeness (QED) is 0.0261. The van der Waals surface area contributed by atoms with Gasteiger partial charge in [0.2, 0.25) is 0 Å². The molecule has 0 saturated carbocycles. The summed E-state index contributed by atoms with van der Waals surface area (Å²) in [4.78, 5) is 38.4. The highest BCUT2D eigenvalue weighted by molar-refractivity contribution is 5.71. The number of hydrogen-bond acceptors (Lipinski definition) is 6. The molecule has 1 atom stereocenters. The molecule has 0 saturated heterocycles.